The van der Waals surface area contributed by atoms with E-state index in [1.54, 1.807) is 13.8 Å². The number of hydrogen-bond donors (Lipinski definition) is 16. The maximum absolute atomic E-state index is 14.1. The Morgan fingerprint density at radius 3 is 1.78 bits per heavy atom. The van der Waals surface area contributed by atoms with Crippen molar-refractivity contribution in [2.24, 2.45) is 11.7 Å². The fraction of sp³-hybridized carbons (Fsp3) is 0.767. The van der Waals surface area contributed by atoms with E-state index in [9.17, 15) is 78.6 Å². The van der Waals surface area contributed by atoms with Gasteiger partial charge in [-0.15, -0.1) is 0 Å². The van der Waals surface area contributed by atoms with Crippen molar-refractivity contribution in [2.45, 2.75) is 165 Å². The van der Waals surface area contributed by atoms with E-state index in [0.29, 0.717) is 6.42 Å². The summed E-state index contributed by atoms with van der Waals surface area (Å²) in [4.78, 5) is 127. The molecular weight excluding hydrogens is 993 g/mol. The lowest BCUT2D eigenvalue weighted by molar-refractivity contribution is -0.347. The monoisotopic (exact) mass is 1060 g/mol. The van der Waals surface area contributed by atoms with Crippen molar-refractivity contribution in [1.29, 1.82) is 0 Å². The summed E-state index contributed by atoms with van der Waals surface area (Å²) in [6.07, 6.45) is -16.0. The summed E-state index contributed by atoms with van der Waals surface area (Å²) in [5.41, 5.74) is 6.34. The molecular formula is C43H72N10O21. The van der Waals surface area contributed by atoms with Crippen LogP contribution in [-0.4, -0.2) is 243 Å². The highest BCUT2D eigenvalue weighted by atomic mass is 16.7. The van der Waals surface area contributed by atoms with Crippen molar-refractivity contribution in [3.8, 4) is 0 Å². The molecule has 9 amide bonds. The molecule has 31 heteroatoms. The fourth-order valence-electron chi connectivity index (χ4n) is 7.76. The van der Waals surface area contributed by atoms with Crippen LogP contribution in [-0.2, 0) is 66.9 Å². The lowest BCUT2D eigenvalue weighted by Crippen LogP contribution is -2.68. The number of rotatable bonds is 25. The number of carboxylic acid groups (broad SMARTS) is 1. The van der Waals surface area contributed by atoms with Crippen molar-refractivity contribution >= 4 is 59.1 Å². The molecule has 0 aromatic carbocycles. The third kappa shape index (κ3) is 17.4. The van der Waals surface area contributed by atoms with Gasteiger partial charge in [0.05, 0.1) is 39.0 Å². The molecule has 420 valence electrons. The molecule has 3 rings (SSSR count). The molecule has 3 fully saturated rings. The zero-order valence-electron chi connectivity index (χ0n) is 41.9. The molecule has 0 aromatic rings. The Morgan fingerprint density at radius 1 is 0.662 bits per heavy atom. The number of aliphatic carboxylic acids is 1. The lowest BCUT2D eigenvalue weighted by Gasteiger charge is -2.48. The first-order valence-corrected chi connectivity index (χ1v) is 23.8. The number of aliphatic hydroxyl groups is 6. The molecule has 7 unspecified atom stereocenters. The van der Waals surface area contributed by atoms with Gasteiger partial charge < -0.3 is 108 Å². The Balaban J connectivity index is 1.57. The number of hydrogen-bond acceptors (Lipinski definition) is 21. The highest BCUT2D eigenvalue weighted by molar-refractivity contribution is 5.97. The predicted molar refractivity (Wildman–Crippen MR) is 248 cm³/mol. The number of nitrogens with two attached hydrogens (primary N) is 1. The smallest absolute Gasteiger partial charge is 0.325 e. The third-order valence-electron chi connectivity index (χ3n) is 12.2. The van der Waals surface area contributed by atoms with Crippen LogP contribution in [0.15, 0.2) is 0 Å². The number of carboxylic acids is 1. The molecule has 3 aliphatic rings. The van der Waals surface area contributed by atoms with Gasteiger partial charge in [0.1, 0.15) is 85.0 Å². The lowest BCUT2D eigenvalue weighted by atomic mass is 9.95. The molecule has 31 nitrogen and oxygen atoms in total. The topological polar surface area (TPSA) is 475 Å². The van der Waals surface area contributed by atoms with Crippen LogP contribution in [0.5, 0.6) is 0 Å². The normalized spacial score (nSPS) is 28.2. The standard InChI is InChI=1S/C43H72N10O21/c1-16(2)29(52-39(67)28(44)20(6)71-42-30(51-21(7)56)35(32(61)24(15-55)72-42)74-43-34(63)33(62)31(60)23(14-54)73-43)40(68)53-10-8-9-22(53)38(66)50-18(4)37(65)49-17(3)36(64)47-12-26(58)45-11-25(57)46-13-27(59)48-19(5)41(69)70/h16-20,22-24,28-35,42-43,54-55,60-63H,8-15,44H2,1-7H3,(H,45,58)(H,46,57)(H,47,64)(H,48,59)(H,49,65)(H,50,66)(H,51,56)(H,52,67)(H,69,70)/t17-,18?,19-,20?,22-,23?,24?,28-,29?,30?,31-,32-,33?,34-,35+,42-,43-/m0/s1. The van der Waals surface area contributed by atoms with E-state index >= 15 is 0 Å². The van der Waals surface area contributed by atoms with Gasteiger partial charge in [-0.25, -0.2) is 0 Å². The zero-order chi connectivity index (χ0) is 55.9. The highest BCUT2D eigenvalue weighted by Gasteiger charge is 2.52. The van der Waals surface area contributed by atoms with Crippen LogP contribution < -0.4 is 48.3 Å². The number of aliphatic hydroxyl groups excluding tert-OH is 6. The van der Waals surface area contributed by atoms with Gasteiger partial charge in [-0.1, -0.05) is 13.8 Å². The Morgan fingerprint density at radius 2 is 1.22 bits per heavy atom. The van der Waals surface area contributed by atoms with Crippen molar-refractivity contribution in [3.63, 3.8) is 0 Å². The minimum Gasteiger partial charge on any atom is -0.480 e. The van der Waals surface area contributed by atoms with Crippen molar-refractivity contribution in [2.75, 3.05) is 39.4 Å². The Bertz CT molecular complexity index is 2000. The average molecular weight is 1070 g/mol. The van der Waals surface area contributed by atoms with Crippen LogP contribution in [0.1, 0.15) is 61.3 Å². The number of nitrogens with zero attached hydrogens (tertiary/aromatic N) is 1. The van der Waals surface area contributed by atoms with Gasteiger partial charge in [-0.2, -0.15) is 0 Å². The molecule has 17 atom stereocenters. The van der Waals surface area contributed by atoms with E-state index < -0.39 is 202 Å². The zero-order valence-corrected chi connectivity index (χ0v) is 41.9. The largest absolute Gasteiger partial charge is 0.480 e. The van der Waals surface area contributed by atoms with Gasteiger partial charge in [0, 0.05) is 13.5 Å². The van der Waals surface area contributed by atoms with Crippen LogP contribution in [0.3, 0.4) is 0 Å². The first kappa shape index (κ1) is 62.6. The van der Waals surface area contributed by atoms with Crippen LogP contribution in [0.25, 0.3) is 0 Å². The molecule has 0 bridgehead atoms. The number of likely N-dealkylation sites (tertiary alicyclic amines) is 1. The number of carbonyl (C=O) groups excluding carboxylic acids is 9. The minimum absolute atomic E-state index is 0.0937. The van der Waals surface area contributed by atoms with E-state index in [1.807, 2.05) is 0 Å². The number of ether oxygens (including phenoxy) is 4. The van der Waals surface area contributed by atoms with Gasteiger partial charge in [0.2, 0.25) is 53.2 Å². The fourth-order valence-corrected chi connectivity index (χ4v) is 7.76. The molecule has 0 spiro atoms. The molecule has 3 heterocycles. The maximum Gasteiger partial charge on any atom is 0.325 e. The summed E-state index contributed by atoms with van der Waals surface area (Å²) in [5, 5.41) is 89.7. The van der Waals surface area contributed by atoms with E-state index in [1.165, 1.54) is 32.6 Å². The van der Waals surface area contributed by atoms with Crippen molar-refractivity contribution in [3.05, 3.63) is 0 Å². The molecule has 17 N–H and O–H groups in total. The SMILES string of the molecule is CC(=O)NC1[C@@H](OC(C)[C@H](N)C(=O)NC(C(=O)N2CCC[C@H]2C(=O)NC(C)C(=O)N[C@@H](C)C(=O)NCC(=O)NCC(=O)NCC(=O)N[C@@H](C)C(=O)O)C(C)C)OC(CO)[C@H](O)[C@@H]1O[C@@H]1OC(CO)[C@H](O)C(O)[C@@H]1O. The molecule has 0 saturated carbocycles. The second-order valence-electron chi connectivity index (χ2n) is 18.4. The van der Waals surface area contributed by atoms with Crippen LogP contribution in [0.2, 0.25) is 0 Å². The van der Waals surface area contributed by atoms with Gasteiger partial charge in [-0.05, 0) is 46.5 Å². The molecule has 0 aromatic heterocycles. The summed E-state index contributed by atoms with van der Waals surface area (Å²) in [5.74, 6) is -8.85. The molecule has 3 saturated heterocycles. The average Bonchev–Trinajstić information content (AvgIpc) is 3.85. The molecule has 74 heavy (non-hydrogen) atoms. The number of nitrogens with one attached hydrogen (secondary N) is 8. The quantitative estimate of drug-likeness (QED) is 0.0404. The van der Waals surface area contributed by atoms with Gasteiger partial charge in [0.15, 0.2) is 12.6 Å². The first-order chi connectivity index (χ1) is 34.6. The van der Waals surface area contributed by atoms with Crippen LogP contribution >= 0.6 is 0 Å². The maximum atomic E-state index is 14.1. The molecule has 0 aliphatic carbocycles. The third-order valence-corrected chi connectivity index (χ3v) is 12.2. The van der Waals surface area contributed by atoms with E-state index in [4.69, 9.17) is 29.8 Å². The molecule has 3 aliphatic heterocycles. The number of amides is 9. The van der Waals surface area contributed by atoms with Crippen molar-refractivity contribution in [1.82, 2.24) is 47.4 Å². The Kier molecular flexibility index (Phi) is 24.3. The summed E-state index contributed by atoms with van der Waals surface area (Å²) in [7, 11) is 0. The summed E-state index contributed by atoms with van der Waals surface area (Å²) in [6.45, 7) is 6.23. The van der Waals surface area contributed by atoms with E-state index in [-0.39, 0.29) is 13.0 Å². The van der Waals surface area contributed by atoms with Gasteiger partial charge in [-0.3, -0.25) is 47.9 Å². The second-order valence-corrected chi connectivity index (χ2v) is 18.4. The van der Waals surface area contributed by atoms with Crippen LogP contribution in [0, 0.1) is 5.92 Å². The molecule has 0 radical (unpaired) electrons. The van der Waals surface area contributed by atoms with Gasteiger partial charge in [0.25, 0.3) is 0 Å². The minimum atomic E-state index is -1.93. The predicted octanol–water partition coefficient (Wildman–Crippen LogP) is -9.43. The Hall–Kier alpha value is -5.74. The first-order valence-electron chi connectivity index (χ1n) is 23.8. The van der Waals surface area contributed by atoms with Crippen molar-refractivity contribution < 1.29 is 103 Å². The highest BCUT2D eigenvalue weighted by Crippen LogP contribution is 2.30. The van der Waals surface area contributed by atoms with E-state index in [0.717, 1.165) is 6.92 Å². The Labute approximate surface area is 424 Å². The summed E-state index contributed by atoms with van der Waals surface area (Å²) in [6, 6.07) is -9.05. The van der Waals surface area contributed by atoms with E-state index in [2.05, 4.69) is 42.5 Å². The summed E-state index contributed by atoms with van der Waals surface area (Å²) < 4.78 is 23.0. The second kappa shape index (κ2) is 28.8. The number of carbonyl (C=O) groups is 10. The van der Waals surface area contributed by atoms with Crippen LogP contribution in [0.4, 0.5) is 0 Å². The van der Waals surface area contributed by atoms with Gasteiger partial charge >= 0.3 is 5.97 Å². The summed E-state index contributed by atoms with van der Waals surface area (Å²) >= 11 is 0.